The smallest absolute Gasteiger partial charge is 0.273 e. The molecule has 5 nitrogen and oxygen atoms in total. The Morgan fingerprint density at radius 3 is 2.95 bits per heavy atom. The van der Waals surface area contributed by atoms with E-state index >= 15 is 0 Å². The molecule has 2 heterocycles. The first kappa shape index (κ1) is 14.3. The molecule has 1 N–H and O–H groups in total. The maximum absolute atomic E-state index is 12.5. The van der Waals surface area contributed by atoms with Crippen LogP contribution in [0.4, 0.5) is 0 Å². The van der Waals surface area contributed by atoms with Crippen LogP contribution in [0.25, 0.3) is 0 Å². The molecular formula is C15H17BrN4O. The maximum atomic E-state index is 12.5. The van der Waals surface area contributed by atoms with Crippen LogP contribution in [0, 0.1) is 5.92 Å². The van der Waals surface area contributed by atoms with Crippen molar-refractivity contribution in [3.63, 3.8) is 0 Å². The average Bonchev–Trinajstić information content (AvgIpc) is 3.27. The molecular weight excluding hydrogens is 332 g/mol. The van der Waals surface area contributed by atoms with Crippen molar-refractivity contribution in [3.05, 3.63) is 46.5 Å². The Labute approximate surface area is 131 Å². The predicted molar refractivity (Wildman–Crippen MR) is 82.8 cm³/mol. The zero-order chi connectivity index (χ0) is 14.8. The van der Waals surface area contributed by atoms with E-state index in [4.69, 9.17) is 0 Å². The topological polar surface area (TPSA) is 59.8 Å². The van der Waals surface area contributed by atoms with Gasteiger partial charge in [0.05, 0.1) is 10.5 Å². The molecule has 110 valence electrons. The van der Waals surface area contributed by atoms with Gasteiger partial charge < -0.3 is 5.32 Å². The fourth-order valence-corrected chi connectivity index (χ4v) is 2.88. The van der Waals surface area contributed by atoms with Crippen LogP contribution in [0.15, 0.2) is 35.2 Å². The average molecular weight is 349 g/mol. The summed E-state index contributed by atoms with van der Waals surface area (Å²) in [7, 11) is 0. The van der Waals surface area contributed by atoms with Gasteiger partial charge in [-0.3, -0.25) is 14.5 Å². The molecule has 1 unspecified atom stereocenters. The molecule has 1 aliphatic carbocycles. The van der Waals surface area contributed by atoms with Crippen molar-refractivity contribution in [2.24, 2.45) is 5.92 Å². The molecule has 0 saturated heterocycles. The fourth-order valence-electron chi connectivity index (χ4n) is 2.39. The van der Waals surface area contributed by atoms with Crippen LogP contribution in [0.5, 0.6) is 0 Å². The third-order valence-corrected chi connectivity index (χ3v) is 4.26. The minimum Gasteiger partial charge on any atom is -0.343 e. The van der Waals surface area contributed by atoms with Crippen LogP contribution >= 0.6 is 15.9 Å². The lowest BCUT2D eigenvalue weighted by atomic mass is 10.0. The number of nitrogens with zero attached hydrogens (tertiary/aromatic N) is 3. The monoisotopic (exact) mass is 348 g/mol. The van der Waals surface area contributed by atoms with E-state index in [1.807, 2.05) is 31.5 Å². The van der Waals surface area contributed by atoms with Gasteiger partial charge in [0.25, 0.3) is 5.91 Å². The van der Waals surface area contributed by atoms with Crippen molar-refractivity contribution in [3.8, 4) is 0 Å². The first-order chi connectivity index (χ1) is 10.2. The maximum Gasteiger partial charge on any atom is 0.273 e. The number of rotatable bonds is 5. The van der Waals surface area contributed by atoms with Crippen molar-refractivity contribution in [2.45, 2.75) is 32.4 Å². The standard InChI is InChI=1S/C15H17BrN4O/c1-2-20-9-12(16)14(19-20)15(21)18-13(10-5-6-10)11-4-3-7-17-8-11/h3-4,7-10,13H,2,5-6H2,1H3,(H,18,21). The molecule has 0 aromatic carbocycles. The second kappa shape index (κ2) is 5.97. The van der Waals surface area contributed by atoms with Gasteiger partial charge >= 0.3 is 0 Å². The highest BCUT2D eigenvalue weighted by atomic mass is 79.9. The second-order valence-electron chi connectivity index (χ2n) is 5.26. The van der Waals surface area contributed by atoms with E-state index in [9.17, 15) is 4.79 Å². The van der Waals surface area contributed by atoms with E-state index in [-0.39, 0.29) is 11.9 Å². The van der Waals surface area contributed by atoms with Gasteiger partial charge in [0.1, 0.15) is 0 Å². The van der Waals surface area contributed by atoms with E-state index in [0.29, 0.717) is 11.6 Å². The quantitative estimate of drug-likeness (QED) is 0.903. The molecule has 1 amide bonds. The van der Waals surface area contributed by atoms with Crippen molar-refractivity contribution in [1.29, 1.82) is 0 Å². The van der Waals surface area contributed by atoms with E-state index in [2.05, 4.69) is 31.3 Å². The largest absolute Gasteiger partial charge is 0.343 e. The number of nitrogens with one attached hydrogen (secondary N) is 1. The lowest BCUT2D eigenvalue weighted by Gasteiger charge is -2.17. The van der Waals surface area contributed by atoms with Crippen molar-refractivity contribution in [2.75, 3.05) is 0 Å². The summed E-state index contributed by atoms with van der Waals surface area (Å²) in [5.41, 5.74) is 1.49. The SMILES string of the molecule is CCn1cc(Br)c(C(=O)NC(c2cccnc2)C2CC2)n1. The highest BCUT2D eigenvalue weighted by Gasteiger charge is 2.34. The molecule has 1 atom stereocenters. The number of hydrogen-bond donors (Lipinski definition) is 1. The Morgan fingerprint density at radius 1 is 1.57 bits per heavy atom. The Morgan fingerprint density at radius 2 is 2.38 bits per heavy atom. The van der Waals surface area contributed by atoms with E-state index in [0.717, 1.165) is 29.4 Å². The molecule has 0 spiro atoms. The molecule has 3 rings (SSSR count). The Bertz CT molecular complexity index is 636. The van der Waals surface area contributed by atoms with Gasteiger partial charge in [0, 0.05) is 25.1 Å². The van der Waals surface area contributed by atoms with Crippen LogP contribution in [0.2, 0.25) is 0 Å². The van der Waals surface area contributed by atoms with Crippen LogP contribution in [0.3, 0.4) is 0 Å². The molecule has 0 radical (unpaired) electrons. The molecule has 1 saturated carbocycles. The van der Waals surface area contributed by atoms with Crippen LogP contribution < -0.4 is 5.32 Å². The van der Waals surface area contributed by atoms with Crippen molar-refractivity contribution in [1.82, 2.24) is 20.1 Å². The number of hydrogen-bond acceptors (Lipinski definition) is 3. The zero-order valence-electron chi connectivity index (χ0n) is 11.8. The molecule has 1 aliphatic rings. The number of aromatic nitrogens is 3. The molecule has 0 bridgehead atoms. The third-order valence-electron chi connectivity index (χ3n) is 3.68. The summed E-state index contributed by atoms with van der Waals surface area (Å²) < 4.78 is 2.47. The first-order valence-electron chi connectivity index (χ1n) is 7.12. The van der Waals surface area contributed by atoms with Crippen molar-refractivity contribution < 1.29 is 4.79 Å². The first-order valence-corrected chi connectivity index (χ1v) is 7.92. The number of halogens is 1. The lowest BCUT2D eigenvalue weighted by molar-refractivity contribution is 0.0925. The highest BCUT2D eigenvalue weighted by molar-refractivity contribution is 9.10. The molecule has 2 aromatic rings. The van der Waals surface area contributed by atoms with Crippen LogP contribution in [-0.2, 0) is 6.54 Å². The lowest BCUT2D eigenvalue weighted by Crippen LogP contribution is -2.30. The van der Waals surface area contributed by atoms with Gasteiger partial charge in [-0.05, 0) is 53.2 Å². The van der Waals surface area contributed by atoms with Crippen molar-refractivity contribution >= 4 is 21.8 Å². The third kappa shape index (κ3) is 3.15. The van der Waals surface area contributed by atoms with Gasteiger partial charge in [-0.1, -0.05) is 6.07 Å². The van der Waals surface area contributed by atoms with Gasteiger partial charge in [-0.2, -0.15) is 5.10 Å². The van der Waals surface area contributed by atoms with E-state index in [1.165, 1.54) is 0 Å². The molecule has 0 aliphatic heterocycles. The Hall–Kier alpha value is -1.69. The minimum atomic E-state index is -0.144. The summed E-state index contributed by atoms with van der Waals surface area (Å²) in [6.07, 6.45) is 7.68. The summed E-state index contributed by atoms with van der Waals surface area (Å²) in [6.45, 7) is 2.73. The Balaban J connectivity index is 1.79. The number of aryl methyl sites for hydroxylation is 1. The number of amides is 1. The molecule has 21 heavy (non-hydrogen) atoms. The van der Waals surface area contributed by atoms with Gasteiger partial charge in [0.15, 0.2) is 5.69 Å². The van der Waals surface area contributed by atoms with E-state index < -0.39 is 0 Å². The molecule has 1 fully saturated rings. The summed E-state index contributed by atoms with van der Waals surface area (Å²) in [5, 5.41) is 7.40. The summed E-state index contributed by atoms with van der Waals surface area (Å²) >= 11 is 3.40. The van der Waals surface area contributed by atoms with Crippen LogP contribution in [0.1, 0.15) is 41.9 Å². The number of pyridine rings is 1. The number of carbonyl (C=O) groups is 1. The number of carbonyl (C=O) groups excluding carboxylic acids is 1. The fraction of sp³-hybridized carbons (Fsp3) is 0.400. The minimum absolute atomic E-state index is 0.0184. The summed E-state index contributed by atoms with van der Waals surface area (Å²) in [5.74, 6) is 0.361. The van der Waals surface area contributed by atoms with Gasteiger partial charge in [-0.25, -0.2) is 0 Å². The molecule has 6 heteroatoms. The van der Waals surface area contributed by atoms with Gasteiger partial charge in [-0.15, -0.1) is 0 Å². The second-order valence-corrected chi connectivity index (χ2v) is 6.11. The van der Waals surface area contributed by atoms with Crippen LogP contribution in [-0.4, -0.2) is 20.7 Å². The van der Waals surface area contributed by atoms with E-state index in [1.54, 1.807) is 10.9 Å². The predicted octanol–water partition coefficient (Wildman–Crippen LogP) is 2.94. The summed E-state index contributed by atoms with van der Waals surface area (Å²) in [6, 6.07) is 3.93. The normalized spacial score (nSPS) is 15.7. The zero-order valence-corrected chi connectivity index (χ0v) is 13.4. The van der Waals surface area contributed by atoms with Gasteiger partial charge in [0.2, 0.25) is 0 Å². The molecule has 2 aromatic heterocycles. The Kier molecular flexibility index (Phi) is 4.05. The summed E-state index contributed by atoms with van der Waals surface area (Å²) in [4.78, 5) is 16.6. The highest BCUT2D eigenvalue weighted by Crippen LogP contribution is 2.41.